The van der Waals surface area contributed by atoms with Crippen LogP contribution in [-0.2, 0) is 9.59 Å². The molecule has 0 bridgehead atoms. The van der Waals surface area contributed by atoms with Crippen LogP contribution in [0.15, 0.2) is 58.3 Å². The average molecular weight is 498 g/mol. The van der Waals surface area contributed by atoms with Crippen molar-refractivity contribution in [1.29, 1.82) is 0 Å². The minimum atomic E-state index is -1.24. The fraction of sp³-hybridized carbons (Fsp3) is 0.346. The van der Waals surface area contributed by atoms with Gasteiger partial charge in [0.05, 0.1) is 17.1 Å². The number of rotatable bonds is 8. The van der Waals surface area contributed by atoms with E-state index in [-0.39, 0.29) is 17.5 Å². The SMILES string of the molecule is Cc1ccc(C(C(=O)NC2CCCCC2)N(C(=O)CNC(=O)c2cccs2)c2ccccc2F)o1. The van der Waals surface area contributed by atoms with E-state index in [1.165, 1.54) is 29.5 Å². The van der Waals surface area contributed by atoms with E-state index < -0.39 is 36.1 Å². The molecule has 0 spiro atoms. The van der Waals surface area contributed by atoms with Crippen LogP contribution >= 0.6 is 11.3 Å². The molecule has 0 aliphatic heterocycles. The summed E-state index contributed by atoms with van der Waals surface area (Å²) in [5.74, 6) is -1.40. The maximum atomic E-state index is 15.0. The first-order chi connectivity index (χ1) is 16.9. The van der Waals surface area contributed by atoms with Crippen molar-refractivity contribution in [2.75, 3.05) is 11.4 Å². The van der Waals surface area contributed by atoms with E-state index >= 15 is 0 Å². The first kappa shape index (κ1) is 24.7. The zero-order chi connectivity index (χ0) is 24.8. The minimum absolute atomic E-state index is 0.0223. The molecule has 9 heteroatoms. The number of amides is 3. The molecule has 1 aromatic carbocycles. The third-order valence-electron chi connectivity index (χ3n) is 6.01. The molecule has 0 radical (unpaired) electrons. The molecule has 3 aromatic rings. The van der Waals surface area contributed by atoms with Crippen LogP contribution in [0, 0.1) is 12.7 Å². The average Bonchev–Trinajstić information content (AvgIpc) is 3.54. The smallest absolute Gasteiger partial charge is 0.261 e. The van der Waals surface area contributed by atoms with Crippen molar-refractivity contribution in [2.45, 2.75) is 51.1 Å². The lowest BCUT2D eigenvalue weighted by molar-refractivity contribution is -0.127. The largest absolute Gasteiger partial charge is 0.464 e. The van der Waals surface area contributed by atoms with E-state index in [1.807, 2.05) is 0 Å². The third-order valence-corrected chi connectivity index (χ3v) is 6.88. The highest BCUT2D eigenvalue weighted by Crippen LogP contribution is 2.31. The molecule has 2 aromatic heterocycles. The van der Waals surface area contributed by atoms with Gasteiger partial charge in [-0.15, -0.1) is 11.3 Å². The van der Waals surface area contributed by atoms with Gasteiger partial charge in [0.25, 0.3) is 11.8 Å². The minimum Gasteiger partial charge on any atom is -0.464 e. The highest BCUT2D eigenvalue weighted by Gasteiger charge is 2.37. The Labute approximate surface area is 207 Å². The number of halogens is 1. The summed E-state index contributed by atoms with van der Waals surface area (Å²) in [6.07, 6.45) is 4.84. The van der Waals surface area contributed by atoms with Crippen LogP contribution in [0.1, 0.15) is 59.3 Å². The van der Waals surface area contributed by atoms with Crippen molar-refractivity contribution in [3.8, 4) is 0 Å². The van der Waals surface area contributed by atoms with Gasteiger partial charge in [-0.25, -0.2) is 4.39 Å². The van der Waals surface area contributed by atoms with Crippen molar-refractivity contribution in [2.24, 2.45) is 0 Å². The summed E-state index contributed by atoms with van der Waals surface area (Å²) in [7, 11) is 0. The highest BCUT2D eigenvalue weighted by atomic mass is 32.1. The lowest BCUT2D eigenvalue weighted by Gasteiger charge is -2.32. The summed E-state index contributed by atoms with van der Waals surface area (Å²) in [5.41, 5.74) is -0.0688. The Bertz CT molecular complexity index is 1170. The van der Waals surface area contributed by atoms with Crippen molar-refractivity contribution in [3.63, 3.8) is 0 Å². The number of para-hydroxylation sites is 1. The molecule has 0 saturated heterocycles. The van der Waals surface area contributed by atoms with Gasteiger partial charge in [0.2, 0.25) is 5.91 Å². The fourth-order valence-electron chi connectivity index (χ4n) is 4.30. The second-order valence-corrected chi connectivity index (χ2v) is 9.52. The molecule has 3 amide bonds. The summed E-state index contributed by atoms with van der Waals surface area (Å²) in [6.45, 7) is 1.31. The lowest BCUT2D eigenvalue weighted by atomic mass is 9.95. The number of hydrogen-bond acceptors (Lipinski definition) is 5. The molecular formula is C26H28FN3O4S. The normalized spacial score (nSPS) is 14.8. The number of furan rings is 1. The highest BCUT2D eigenvalue weighted by molar-refractivity contribution is 7.12. The number of hydrogen-bond donors (Lipinski definition) is 2. The van der Waals surface area contributed by atoms with Gasteiger partial charge in [-0.1, -0.05) is 37.5 Å². The quantitative estimate of drug-likeness (QED) is 0.470. The number of nitrogens with zero attached hydrogens (tertiary/aromatic N) is 1. The number of thiophene rings is 1. The molecule has 2 N–H and O–H groups in total. The van der Waals surface area contributed by atoms with E-state index in [2.05, 4.69) is 10.6 Å². The maximum absolute atomic E-state index is 15.0. The Morgan fingerprint density at radius 2 is 1.86 bits per heavy atom. The molecule has 1 aliphatic rings. The number of carbonyl (C=O) groups is 3. The Hall–Kier alpha value is -3.46. The summed E-state index contributed by atoms with van der Waals surface area (Å²) < 4.78 is 20.8. The van der Waals surface area contributed by atoms with Gasteiger partial charge in [0, 0.05) is 6.04 Å². The molecule has 4 rings (SSSR count). The maximum Gasteiger partial charge on any atom is 0.261 e. The Balaban J connectivity index is 1.66. The molecule has 1 aliphatic carbocycles. The van der Waals surface area contributed by atoms with Crippen molar-refractivity contribution >= 4 is 34.7 Å². The van der Waals surface area contributed by atoms with Crippen LogP contribution in [0.4, 0.5) is 10.1 Å². The second-order valence-electron chi connectivity index (χ2n) is 8.57. The van der Waals surface area contributed by atoms with Gasteiger partial charge in [0.1, 0.15) is 17.3 Å². The second kappa shape index (κ2) is 11.3. The van der Waals surface area contributed by atoms with E-state index in [9.17, 15) is 18.8 Å². The summed E-state index contributed by atoms with van der Waals surface area (Å²) in [4.78, 5) is 41.1. The van der Waals surface area contributed by atoms with Crippen molar-refractivity contribution < 1.29 is 23.2 Å². The van der Waals surface area contributed by atoms with Crippen LogP contribution in [-0.4, -0.2) is 30.3 Å². The van der Waals surface area contributed by atoms with Crippen molar-refractivity contribution in [1.82, 2.24) is 10.6 Å². The number of carbonyl (C=O) groups excluding carboxylic acids is 3. The van der Waals surface area contributed by atoms with E-state index in [0.29, 0.717) is 10.6 Å². The summed E-state index contributed by atoms with van der Waals surface area (Å²) >= 11 is 1.24. The van der Waals surface area contributed by atoms with Crippen molar-refractivity contribution in [3.05, 3.63) is 76.1 Å². The number of aryl methyl sites for hydroxylation is 1. The molecule has 35 heavy (non-hydrogen) atoms. The molecule has 1 unspecified atom stereocenters. The van der Waals surface area contributed by atoms with Gasteiger partial charge in [-0.05, 0) is 55.5 Å². The lowest BCUT2D eigenvalue weighted by Crippen LogP contribution is -2.49. The summed E-state index contributed by atoms with van der Waals surface area (Å²) in [5, 5.41) is 7.38. The molecule has 1 saturated carbocycles. The van der Waals surface area contributed by atoms with Gasteiger partial charge in [-0.2, -0.15) is 0 Å². The number of anilines is 1. The van der Waals surface area contributed by atoms with Crippen LogP contribution in [0.2, 0.25) is 0 Å². The van der Waals surface area contributed by atoms with Gasteiger partial charge >= 0.3 is 0 Å². The molecule has 7 nitrogen and oxygen atoms in total. The van der Waals surface area contributed by atoms with Gasteiger partial charge < -0.3 is 15.1 Å². The zero-order valence-electron chi connectivity index (χ0n) is 19.5. The van der Waals surface area contributed by atoms with Crippen LogP contribution < -0.4 is 15.5 Å². The number of benzene rings is 1. The van der Waals surface area contributed by atoms with E-state index in [4.69, 9.17) is 4.42 Å². The third kappa shape index (κ3) is 5.97. The Morgan fingerprint density at radius 3 is 2.51 bits per heavy atom. The fourth-order valence-corrected chi connectivity index (χ4v) is 4.94. The molecule has 184 valence electrons. The number of nitrogens with one attached hydrogen (secondary N) is 2. The van der Waals surface area contributed by atoms with Crippen LogP contribution in [0.25, 0.3) is 0 Å². The summed E-state index contributed by atoms with van der Waals surface area (Å²) in [6, 6.07) is 11.2. The monoisotopic (exact) mass is 497 g/mol. The van der Waals surface area contributed by atoms with Crippen LogP contribution in [0.5, 0.6) is 0 Å². The predicted octanol–water partition coefficient (Wildman–Crippen LogP) is 4.74. The Morgan fingerprint density at radius 1 is 1.09 bits per heavy atom. The van der Waals surface area contributed by atoms with E-state index in [1.54, 1.807) is 42.6 Å². The first-order valence-corrected chi connectivity index (χ1v) is 12.6. The van der Waals surface area contributed by atoms with Gasteiger partial charge in [-0.3, -0.25) is 19.3 Å². The Kier molecular flexibility index (Phi) is 7.97. The van der Waals surface area contributed by atoms with E-state index in [0.717, 1.165) is 37.0 Å². The topological polar surface area (TPSA) is 91.7 Å². The molecule has 1 atom stereocenters. The first-order valence-electron chi connectivity index (χ1n) is 11.7. The molecular weight excluding hydrogens is 469 g/mol. The molecule has 2 heterocycles. The standard InChI is InChI=1S/C26H28FN3O4S/c1-17-13-14-21(34-17)24(26(33)29-18-8-3-2-4-9-18)30(20-11-6-5-10-19(20)27)23(31)16-28-25(32)22-12-7-15-35-22/h5-7,10-15,18,24H,2-4,8-9,16H2,1H3,(H,28,32)(H,29,33). The van der Waals surface area contributed by atoms with Crippen LogP contribution in [0.3, 0.4) is 0 Å². The van der Waals surface area contributed by atoms with Gasteiger partial charge in [0.15, 0.2) is 6.04 Å². The molecule has 1 fully saturated rings. The predicted molar refractivity (Wildman–Crippen MR) is 132 cm³/mol. The zero-order valence-corrected chi connectivity index (χ0v) is 20.3.